The Morgan fingerprint density at radius 1 is 1.50 bits per heavy atom. The number of nitrogens with two attached hydrogens (primary N) is 1. The summed E-state index contributed by atoms with van der Waals surface area (Å²) in [5, 5.41) is 2.45. The van der Waals surface area contributed by atoms with Gasteiger partial charge in [-0.2, -0.15) is 8.78 Å². The highest BCUT2D eigenvalue weighted by molar-refractivity contribution is 6.32. The van der Waals surface area contributed by atoms with E-state index in [0.717, 1.165) is 0 Å². The van der Waals surface area contributed by atoms with Crippen LogP contribution in [0, 0.1) is 0 Å². The van der Waals surface area contributed by atoms with Gasteiger partial charge in [0.2, 0.25) is 0 Å². The number of carbonyl (C=O) groups excluding carboxylic acids is 1. The van der Waals surface area contributed by atoms with E-state index >= 15 is 0 Å². The van der Waals surface area contributed by atoms with Crippen LogP contribution in [0.2, 0.25) is 5.02 Å². The molecule has 1 amide bonds. The van der Waals surface area contributed by atoms with Crippen LogP contribution in [0.1, 0.15) is 0 Å². The summed E-state index contributed by atoms with van der Waals surface area (Å²) in [7, 11) is 1.35. The molecule has 1 aromatic rings. The lowest BCUT2D eigenvalue weighted by Crippen LogP contribution is -2.35. The minimum absolute atomic E-state index is 0. The molecule has 114 valence electrons. The summed E-state index contributed by atoms with van der Waals surface area (Å²) >= 11 is 5.74. The minimum Gasteiger partial charge on any atom is -0.433 e. The SMILES string of the molecule is COC(CN)C(=O)Nc1ccc(OC(F)F)c(Cl)c1.Cl. The molecule has 0 aliphatic carbocycles. The third-order valence-corrected chi connectivity index (χ3v) is 2.50. The van der Waals surface area contributed by atoms with Gasteiger partial charge in [-0.25, -0.2) is 0 Å². The monoisotopic (exact) mass is 330 g/mol. The van der Waals surface area contributed by atoms with Crippen LogP contribution in [0.15, 0.2) is 18.2 Å². The summed E-state index contributed by atoms with van der Waals surface area (Å²) in [5.41, 5.74) is 5.66. The van der Waals surface area contributed by atoms with Gasteiger partial charge in [0.05, 0.1) is 5.02 Å². The van der Waals surface area contributed by atoms with Gasteiger partial charge in [-0.3, -0.25) is 4.79 Å². The largest absolute Gasteiger partial charge is 0.433 e. The van der Waals surface area contributed by atoms with Gasteiger partial charge >= 0.3 is 6.61 Å². The average molecular weight is 331 g/mol. The maximum Gasteiger partial charge on any atom is 0.387 e. The Hall–Kier alpha value is -1.15. The van der Waals surface area contributed by atoms with Crippen LogP contribution in [0.25, 0.3) is 0 Å². The Labute approximate surface area is 125 Å². The van der Waals surface area contributed by atoms with Crippen molar-refractivity contribution < 1.29 is 23.0 Å². The fourth-order valence-corrected chi connectivity index (χ4v) is 1.53. The molecule has 1 aromatic carbocycles. The molecule has 0 radical (unpaired) electrons. The second kappa shape index (κ2) is 8.91. The fourth-order valence-electron chi connectivity index (χ4n) is 1.30. The third-order valence-electron chi connectivity index (χ3n) is 2.21. The van der Waals surface area contributed by atoms with Crippen molar-refractivity contribution in [3.63, 3.8) is 0 Å². The van der Waals surface area contributed by atoms with E-state index in [1.165, 1.54) is 25.3 Å². The predicted molar refractivity (Wildman–Crippen MR) is 73.8 cm³/mol. The zero-order chi connectivity index (χ0) is 14.4. The molecule has 0 fully saturated rings. The molecule has 0 aromatic heterocycles. The Bertz CT molecular complexity index is 446. The third kappa shape index (κ3) is 5.46. The van der Waals surface area contributed by atoms with Crippen LogP contribution < -0.4 is 15.8 Å². The summed E-state index contributed by atoms with van der Waals surface area (Å²) in [6.45, 7) is -2.95. The van der Waals surface area contributed by atoms with Crippen LogP contribution >= 0.6 is 24.0 Å². The van der Waals surface area contributed by atoms with Crippen molar-refractivity contribution in [2.75, 3.05) is 19.0 Å². The fraction of sp³-hybridized carbons (Fsp3) is 0.364. The average Bonchev–Trinajstić information content (AvgIpc) is 2.33. The van der Waals surface area contributed by atoms with E-state index in [9.17, 15) is 13.6 Å². The van der Waals surface area contributed by atoms with E-state index in [4.69, 9.17) is 22.1 Å². The summed E-state index contributed by atoms with van der Waals surface area (Å²) in [6.07, 6.45) is -0.796. The van der Waals surface area contributed by atoms with E-state index < -0.39 is 18.6 Å². The second-order valence-corrected chi connectivity index (χ2v) is 3.88. The first kappa shape index (κ1) is 18.9. The number of rotatable bonds is 6. The lowest BCUT2D eigenvalue weighted by molar-refractivity contribution is -0.125. The lowest BCUT2D eigenvalue weighted by Gasteiger charge is -2.14. The molecule has 0 heterocycles. The number of hydrogen-bond acceptors (Lipinski definition) is 4. The highest BCUT2D eigenvalue weighted by Gasteiger charge is 2.16. The van der Waals surface area contributed by atoms with Gasteiger partial charge in [-0.05, 0) is 18.2 Å². The second-order valence-electron chi connectivity index (χ2n) is 3.47. The zero-order valence-corrected chi connectivity index (χ0v) is 12.0. The molecule has 5 nitrogen and oxygen atoms in total. The Balaban J connectivity index is 0.00000361. The Morgan fingerprint density at radius 2 is 2.15 bits per heavy atom. The number of hydrogen-bond donors (Lipinski definition) is 2. The van der Waals surface area contributed by atoms with E-state index in [2.05, 4.69) is 10.1 Å². The molecule has 0 saturated carbocycles. The van der Waals surface area contributed by atoms with Crippen molar-refractivity contribution in [1.29, 1.82) is 0 Å². The van der Waals surface area contributed by atoms with Crippen molar-refractivity contribution in [3.05, 3.63) is 23.2 Å². The van der Waals surface area contributed by atoms with Gasteiger partial charge < -0.3 is 20.5 Å². The van der Waals surface area contributed by atoms with Crippen LogP contribution in [-0.2, 0) is 9.53 Å². The molecule has 1 unspecified atom stereocenters. The van der Waals surface area contributed by atoms with E-state index in [1.54, 1.807) is 0 Å². The highest BCUT2D eigenvalue weighted by atomic mass is 35.5. The summed E-state index contributed by atoms with van der Waals surface area (Å²) in [4.78, 5) is 11.6. The van der Waals surface area contributed by atoms with E-state index in [0.29, 0.717) is 5.69 Å². The number of carbonyl (C=O) groups is 1. The standard InChI is InChI=1S/C11H13ClF2N2O3.ClH/c1-18-9(5-15)10(17)16-6-2-3-8(7(12)4-6)19-11(13)14;/h2-4,9,11H,5,15H2,1H3,(H,16,17);1H. The first-order valence-electron chi connectivity index (χ1n) is 5.26. The van der Waals surface area contributed by atoms with E-state index in [1.807, 2.05) is 0 Å². The van der Waals surface area contributed by atoms with Gasteiger partial charge in [0.15, 0.2) is 0 Å². The Morgan fingerprint density at radius 3 is 2.60 bits per heavy atom. The summed E-state index contributed by atoms with van der Waals surface area (Å²) in [6, 6.07) is 3.90. The first-order valence-corrected chi connectivity index (χ1v) is 5.63. The number of methoxy groups -OCH3 is 1. The molecule has 0 spiro atoms. The molecule has 0 aliphatic rings. The minimum atomic E-state index is -2.96. The van der Waals surface area contributed by atoms with Gasteiger partial charge in [0, 0.05) is 19.3 Å². The van der Waals surface area contributed by atoms with Crippen molar-refractivity contribution in [3.8, 4) is 5.75 Å². The molecule has 0 bridgehead atoms. The number of benzene rings is 1. The van der Waals surface area contributed by atoms with Gasteiger partial charge in [0.25, 0.3) is 5.91 Å². The van der Waals surface area contributed by atoms with Crippen molar-refractivity contribution in [2.45, 2.75) is 12.7 Å². The molecule has 1 atom stereocenters. The van der Waals surface area contributed by atoms with Crippen molar-refractivity contribution in [1.82, 2.24) is 0 Å². The van der Waals surface area contributed by atoms with Crippen molar-refractivity contribution >= 4 is 35.6 Å². The number of alkyl halides is 2. The van der Waals surface area contributed by atoms with Crippen LogP contribution in [0.5, 0.6) is 5.75 Å². The maximum atomic E-state index is 12.0. The van der Waals surface area contributed by atoms with Gasteiger partial charge in [0.1, 0.15) is 11.9 Å². The van der Waals surface area contributed by atoms with Gasteiger partial charge in [-0.15, -0.1) is 12.4 Å². The molecule has 1 rings (SSSR count). The molecular weight excluding hydrogens is 317 g/mol. The number of ether oxygens (including phenoxy) is 2. The molecule has 20 heavy (non-hydrogen) atoms. The molecule has 0 saturated heterocycles. The van der Waals surface area contributed by atoms with Gasteiger partial charge in [-0.1, -0.05) is 11.6 Å². The number of anilines is 1. The summed E-state index contributed by atoms with van der Waals surface area (Å²) < 4.78 is 33.1. The maximum absolute atomic E-state index is 12.0. The van der Waals surface area contributed by atoms with Crippen LogP contribution in [-0.4, -0.2) is 32.3 Å². The molecule has 9 heteroatoms. The molecule has 3 N–H and O–H groups in total. The number of halogens is 4. The number of nitrogens with one attached hydrogen (secondary N) is 1. The lowest BCUT2D eigenvalue weighted by atomic mass is 10.2. The quantitative estimate of drug-likeness (QED) is 0.839. The topological polar surface area (TPSA) is 73.6 Å². The number of amides is 1. The van der Waals surface area contributed by atoms with Crippen LogP contribution in [0.4, 0.5) is 14.5 Å². The van der Waals surface area contributed by atoms with Crippen molar-refractivity contribution in [2.24, 2.45) is 5.73 Å². The first-order chi connectivity index (χ1) is 8.97. The molecule has 0 aliphatic heterocycles. The Kier molecular flexibility index (Phi) is 8.40. The normalized spacial score (nSPS) is 11.7. The molecular formula is C11H14Cl2F2N2O3. The van der Waals surface area contributed by atoms with E-state index in [-0.39, 0.29) is 29.7 Å². The summed E-state index contributed by atoms with van der Waals surface area (Å²) in [5.74, 6) is -0.625. The van der Waals surface area contributed by atoms with Crippen LogP contribution in [0.3, 0.4) is 0 Å². The zero-order valence-electron chi connectivity index (χ0n) is 10.4. The highest BCUT2D eigenvalue weighted by Crippen LogP contribution is 2.28. The predicted octanol–water partition coefficient (Wildman–Crippen LogP) is 2.28. The smallest absolute Gasteiger partial charge is 0.387 e.